The molecule has 5 aromatic rings. The first-order chi connectivity index (χ1) is 18.0. The smallest absolute Gasteiger partial charge is 0.255 e. The third kappa shape index (κ3) is 5.28. The van der Waals surface area contributed by atoms with Crippen LogP contribution < -0.4 is 15.5 Å². The number of carbonyl (C=O) groups is 1. The number of aromatic nitrogens is 3. The summed E-state index contributed by atoms with van der Waals surface area (Å²) in [4.78, 5) is 24.2. The molecule has 0 unspecified atom stereocenters. The summed E-state index contributed by atoms with van der Waals surface area (Å²) in [5, 5.41) is 11.2. The maximum atomic E-state index is 13.0. The molecule has 2 aromatic heterocycles. The fraction of sp³-hybridized carbons (Fsp3) is 0.172. The van der Waals surface area contributed by atoms with Gasteiger partial charge in [0.1, 0.15) is 23.0 Å². The molecular formula is C29H28N6O2. The van der Waals surface area contributed by atoms with Crippen LogP contribution in [0.4, 0.5) is 23.0 Å². The van der Waals surface area contributed by atoms with E-state index >= 15 is 0 Å². The van der Waals surface area contributed by atoms with E-state index in [9.17, 15) is 4.79 Å². The van der Waals surface area contributed by atoms with Gasteiger partial charge in [0.25, 0.3) is 5.91 Å². The van der Waals surface area contributed by atoms with Crippen molar-refractivity contribution in [1.29, 1.82) is 0 Å². The number of amides is 1. The van der Waals surface area contributed by atoms with E-state index in [-0.39, 0.29) is 5.91 Å². The van der Waals surface area contributed by atoms with E-state index in [0.29, 0.717) is 28.4 Å². The fourth-order valence-corrected chi connectivity index (χ4v) is 4.19. The third-order valence-corrected chi connectivity index (χ3v) is 6.10. The average Bonchev–Trinajstić information content (AvgIpc) is 3.34. The van der Waals surface area contributed by atoms with Crippen LogP contribution in [-0.2, 0) is 0 Å². The minimum Gasteiger partial charge on any atom is -0.357 e. The normalized spacial score (nSPS) is 10.9. The minimum atomic E-state index is -0.210. The van der Waals surface area contributed by atoms with Gasteiger partial charge in [0.05, 0.1) is 5.39 Å². The van der Waals surface area contributed by atoms with Gasteiger partial charge in [0.15, 0.2) is 5.76 Å². The Bertz CT molecular complexity index is 1530. The number of hydrogen-bond acceptors (Lipinski definition) is 7. The molecule has 0 aliphatic carbocycles. The summed E-state index contributed by atoms with van der Waals surface area (Å²) in [6, 6.07) is 24.5. The first-order valence-electron chi connectivity index (χ1n) is 12.3. The highest BCUT2D eigenvalue weighted by atomic mass is 16.5. The van der Waals surface area contributed by atoms with Crippen molar-refractivity contribution < 1.29 is 9.32 Å². The topological polar surface area (TPSA) is 96.2 Å². The highest BCUT2D eigenvalue weighted by molar-refractivity contribution is 6.07. The van der Waals surface area contributed by atoms with Crippen molar-refractivity contribution in [2.45, 2.75) is 20.8 Å². The lowest BCUT2D eigenvalue weighted by molar-refractivity contribution is 0.102. The second-order valence-electron chi connectivity index (χ2n) is 8.60. The summed E-state index contributed by atoms with van der Waals surface area (Å²) in [7, 11) is 0. The van der Waals surface area contributed by atoms with Crippen LogP contribution in [0.2, 0.25) is 0 Å². The third-order valence-electron chi connectivity index (χ3n) is 6.10. The molecule has 5 rings (SSSR count). The van der Waals surface area contributed by atoms with Crippen molar-refractivity contribution in [2.24, 2.45) is 0 Å². The number of anilines is 4. The molecule has 2 N–H and O–H groups in total. The summed E-state index contributed by atoms with van der Waals surface area (Å²) in [5.41, 5.74) is 3.69. The van der Waals surface area contributed by atoms with Crippen molar-refractivity contribution >= 4 is 39.8 Å². The maximum Gasteiger partial charge on any atom is 0.255 e. The summed E-state index contributed by atoms with van der Waals surface area (Å²) in [6.45, 7) is 7.84. The van der Waals surface area contributed by atoms with Gasteiger partial charge in [-0.3, -0.25) is 4.79 Å². The molecule has 0 saturated heterocycles. The zero-order valence-electron chi connectivity index (χ0n) is 21.0. The molecule has 186 valence electrons. The highest BCUT2D eigenvalue weighted by Gasteiger charge is 2.14. The van der Waals surface area contributed by atoms with Gasteiger partial charge in [-0.1, -0.05) is 35.5 Å². The van der Waals surface area contributed by atoms with Gasteiger partial charge in [-0.25, -0.2) is 9.97 Å². The fourth-order valence-electron chi connectivity index (χ4n) is 4.19. The van der Waals surface area contributed by atoms with E-state index in [1.165, 1.54) is 0 Å². The molecule has 8 heteroatoms. The lowest BCUT2D eigenvalue weighted by Gasteiger charge is -2.20. The number of benzene rings is 3. The summed E-state index contributed by atoms with van der Waals surface area (Å²) in [6.07, 6.45) is 0. The van der Waals surface area contributed by atoms with Gasteiger partial charge in [-0.05, 0) is 63.2 Å². The van der Waals surface area contributed by atoms with Gasteiger partial charge in [-0.15, -0.1) is 0 Å². The van der Waals surface area contributed by atoms with E-state index in [0.717, 1.165) is 41.4 Å². The summed E-state index contributed by atoms with van der Waals surface area (Å²) < 4.78 is 5.56. The Labute approximate surface area is 215 Å². The number of aryl methyl sites for hydroxylation is 1. The first kappa shape index (κ1) is 24.0. The summed E-state index contributed by atoms with van der Waals surface area (Å²) >= 11 is 0. The van der Waals surface area contributed by atoms with Gasteiger partial charge >= 0.3 is 0 Å². The van der Waals surface area contributed by atoms with E-state index in [1.54, 1.807) is 12.1 Å². The SMILES string of the molecule is CCN(CC)c1cc(Nc2ccc(NC(=O)c3ccc4noc(-c5ccccc5)c4c3)cc2)nc(C)n1. The molecule has 0 atom stereocenters. The van der Waals surface area contributed by atoms with Crippen molar-refractivity contribution in [3.63, 3.8) is 0 Å². The summed E-state index contributed by atoms with van der Waals surface area (Å²) in [5.74, 6) is 2.76. The van der Waals surface area contributed by atoms with Crippen LogP contribution in [0.1, 0.15) is 30.0 Å². The predicted octanol–water partition coefficient (Wildman–Crippen LogP) is 6.44. The number of fused-ring (bicyclic) bond motifs is 1. The van der Waals surface area contributed by atoms with Crippen LogP contribution in [0, 0.1) is 6.92 Å². The van der Waals surface area contributed by atoms with E-state index in [1.807, 2.05) is 73.7 Å². The van der Waals surface area contributed by atoms with Crippen LogP contribution in [0.15, 0.2) is 83.4 Å². The number of rotatable bonds is 8. The number of hydrogen-bond donors (Lipinski definition) is 2. The standard InChI is InChI=1S/C29H28N6O2/c1-4-35(5-2)27-18-26(30-19(3)31-27)32-22-12-14-23(15-13-22)33-29(36)21-11-16-25-24(17-21)28(37-34-25)20-9-7-6-8-10-20/h6-18H,4-5H2,1-3H3,(H,33,36)(H,30,31,32). The maximum absolute atomic E-state index is 13.0. The molecule has 1 amide bonds. The number of nitrogens with zero attached hydrogens (tertiary/aromatic N) is 4. The molecule has 0 bridgehead atoms. The van der Waals surface area contributed by atoms with Crippen LogP contribution in [0.3, 0.4) is 0 Å². The van der Waals surface area contributed by atoms with E-state index in [4.69, 9.17) is 4.52 Å². The van der Waals surface area contributed by atoms with E-state index in [2.05, 4.69) is 44.5 Å². The molecule has 0 aliphatic rings. The Hall–Kier alpha value is -4.72. The second-order valence-corrected chi connectivity index (χ2v) is 8.60. The lowest BCUT2D eigenvalue weighted by atomic mass is 10.1. The quantitative estimate of drug-likeness (QED) is 0.257. The van der Waals surface area contributed by atoms with Crippen molar-refractivity contribution in [3.05, 3.63) is 90.3 Å². The second kappa shape index (κ2) is 10.5. The lowest BCUT2D eigenvalue weighted by Crippen LogP contribution is -2.23. The van der Waals surface area contributed by atoms with Gasteiger partial charge in [0, 0.05) is 41.7 Å². The Balaban J connectivity index is 1.30. The molecule has 0 radical (unpaired) electrons. The molecule has 37 heavy (non-hydrogen) atoms. The van der Waals surface area contributed by atoms with Crippen molar-refractivity contribution in [3.8, 4) is 11.3 Å². The number of nitrogens with one attached hydrogen (secondary N) is 2. The molecule has 0 fully saturated rings. The Morgan fingerprint density at radius 3 is 2.35 bits per heavy atom. The average molecular weight is 493 g/mol. The van der Waals surface area contributed by atoms with Crippen LogP contribution in [0.5, 0.6) is 0 Å². The van der Waals surface area contributed by atoms with Crippen molar-refractivity contribution in [2.75, 3.05) is 28.6 Å². The molecule has 8 nitrogen and oxygen atoms in total. The molecule has 2 heterocycles. The molecule has 0 spiro atoms. The predicted molar refractivity (Wildman–Crippen MR) is 147 cm³/mol. The molecular weight excluding hydrogens is 464 g/mol. The van der Waals surface area contributed by atoms with Gasteiger partial charge in [0.2, 0.25) is 0 Å². The van der Waals surface area contributed by atoms with Crippen molar-refractivity contribution in [1.82, 2.24) is 15.1 Å². The van der Waals surface area contributed by atoms with E-state index < -0.39 is 0 Å². The number of carbonyl (C=O) groups excluding carboxylic acids is 1. The minimum absolute atomic E-state index is 0.210. The largest absolute Gasteiger partial charge is 0.357 e. The zero-order valence-corrected chi connectivity index (χ0v) is 21.0. The molecule has 0 saturated carbocycles. The monoisotopic (exact) mass is 492 g/mol. The Kier molecular flexibility index (Phi) is 6.81. The Morgan fingerprint density at radius 2 is 1.62 bits per heavy atom. The molecule has 3 aromatic carbocycles. The Morgan fingerprint density at radius 1 is 0.892 bits per heavy atom. The highest BCUT2D eigenvalue weighted by Crippen LogP contribution is 2.29. The van der Waals surface area contributed by atoms with Crippen LogP contribution >= 0.6 is 0 Å². The zero-order chi connectivity index (χ0) is 25.8. The van der Waals surface area contributed by atoms with Gasteiger partial charge in [-0.2, -0.15) is 0 Å². The van der Waals surface area contributed by atoms with Gasteiger partial charge < -0.3 is 20.1 Å². The first-order valence-corrected chi connectivity index (χ1v) is 12.3. The van der Waals surface area contributed by atoms with Crippen LogP contribution in [-0.4, -0.2) is 34.1 Å². The molecule has 0 aliphatic heterocycles. The van der Waals surface area contributed by atoms with Crippen LogP contribution in [0.25, 0.3) is 22.2 Å².